The molecular weight excluding hydrogens is 76.8 g/mol. The van der Waals surface area contributed by atoms with Gasteiger partial charge in [-0.3, -0.25) is 0 Å². The lowest BCUT2D eigenvalue weighted by molar-refractivity contribution is 0.620. The van der Waals surface area contributed by atoms with Crippen molar-refractivity contribution in [3.63, 3.8) is 0 Å². The molecule has 0 rings (SSSR count). The summed E-state index contributed by atoms with van der Waals surface area (Å²) in [6, 6.07) is 0. The van der Waals surface area contributed by atoms with E-state index < -0.39 is 8.77 Å². The molecule has 0 bridgehead atoms. The fraction of sp³-hybridized carbons (Fsp3) is 0. The van der Waals surface area contributed by atoms with Gasteiger partial charge in [-0.1, -0.05) is 0 Å². The van der Waals surface area contributed by atoms with Gasteiger partial charge in [0.25, 0.3) is 0 Å². The van der Waals surface area contributed by atoms with Crippen molar-refractivity contribution in [2.75, 3.05) is 0 Å². The van der Waals surface area contributed by atoms with Gasteiger partial charge >= 0.3 is 7.20 Å². The van der Waals surface area contributed by atoms with Crippen molar-refractivity contribution < 1.29 is 9.22 Å². The minimum atomic E-state index is -0.929. The van der Waals surface area contributed by atoms with Crippen LogP contribution in [0.3, 0.4) is 0 Å². The number of rotatable bonds is 1. The highest BCUT2D eigenvalue weighted by molar-refractivity contribution is 7.65. The SMILES string of the molecule is O[B]PF. The molecule has 0 spiro atoms. The summed E-state index contributed by atoms with van der Waals surface area (Å²) in [5.41, 5.74) is 0. The van der Waals surface area contributed by atoms with Crippen molar-refractivity contribution in [3.8, 4) is 0 Å². The largest absolute Gasteiger partial charge is 0.448 e. The minimum absolute atomic E-state index is 0.486. The Hall–Kier alpha value is 0.385. The molecule has 1 atom stereocenters. The van der Waals surface area contributed by atoms with E-state index in [1.54, 1.807) is 0 Å². The first-order valence-electron chi connectivity index (χ1n) is 0.736. The molecular formula is H2BFOP. The molecule has 0 aliphatic heterocycles. The predicted octanol–water partition coefficient (Wildman–Crippen LogP) is 0.0759. The first-order chi connectivity index (χ1) is 1.91. The van der Waals surface area contributed by atoms with E-state index in [2.05, 4.69) is 0 Å². The van der Waals surface area contributed by atoms with Gasteiger partial charge in [-0.25, -0.2) is 4.20 Å². The summed E-state index contributed by atoms with van der Waals surface area (Å²) in [4.78, 5) is 0. The van der Waals surface area contributed by atoms with Crippen LogP contribution in [0.2, 0.25) is 0 Å². The normalized spacial score (nSPS) is 9.50. The number of halogens is 1. The maximum atomic E-state index is 10.4. The molecule has 0 saturated carbocycles. The Kier molecular flexibility index (Phi) is 3.71. The van der Waals surface area contributed by atoms with E-state index in [1.165, 1.54) is 0 Å². The monoisotopic (exact) mass is 79.0 g/mol. The average Bonchev–Trinajstić information content (AvgIpc) is 1.37. The smallest absolute Gasteiger partial charge is 0.356 e. The third-order valence-electron chi connectivity index (χ3n) is 0.0488. The quantitative estimate of drug-likeness (QED) is 0.348. The van der Waals surface area contributed by atoms with E-state index in [0.29, 0.717) is 7.20 Å². The molecule has 4 heavy (non-hydrogen) atoms. The number of hydrogen-bond donors (Lipinski definition) is 1. The standard InChI is InChI=1S/BFH2OP/c2-4-1-3/h3-4H. The summed E-state index contributed by atoms with van der Waals surface area (Å²) < 4.78 is 10.4. The lowest BCUT2D eigenvalue weighted by atomic mass is 10.6. The molecule has 0 aromatic carbocycles. The van der Waals surface area contributed by atoms with Crippen LogP contribution < -0.4 is 0 Å². The maximum absolute atomic E-state index is 10.4. The van der Waals surface area contributed by atoms with Crippen molar-refractivity contribution in [1.82, 2.24) is 0 Å². The second-order valence-electron chi connectivity index (χ2n) is 0.238. The second-order valence-corrected chi connectivity index (χ2v) is 0.715. The molecule has 0 amide bonds. The van der Waals surface area contributed by atoms with Crippen LogP contribution in [0.4, 0.5) is 4.20 Å². The van der Waals surface area contributed by atoms with Crippen LogP contribution in [0, 0.1) is 0 Å². The molecule has 0 aliphatic carbocycles. The van der Waals surface area contributed by atoms with Crippen molar-refractivity contribution in [1.29, 1.82) is 0 Å². The van der Waals surface area contributed by atoms with E-state index in [0.717, 1.165) is 0 Å². The minimum Gasteiger partial charge on any atom is -0.448 e. The fourth-order valence-electron chi connectivity index (χ4n) is 0. The van der Waals surface area contributed by atoms with Crippen LogP contribution in [0.5, 0.6) is 0 Å². The van der Waals surface area contributed by atoms with Gasteiger partial charge in [0.05, 0.1) is 8.77 Å². The van der Waals surface area contributed by atoms with Gasteiger partial charge in [0, 0.05) is 0 Å². The average molecular weight is 78.8 g/mol. The lowest BCUT2D eigenvalue weighted by Gasteiger charge is -1.60. The molecule has 1 unspecified atom stereocenters. The van der Waals surface area contributed by atoms with Crippen molar-refractivity contribution in [2.24, 2.45) is 0 Å². The van der Waals surface area contributed by atoms with Gasteiger partial charge < -0.3 is 5.02 Å². The first kappa shape index (κ1) is 4.38. The van der Waals surface area contributed by atoms with Gasteiger partial charge in [0.1, 0.15) is 0 Å². The third-order valence-corrected chi connectivity index (χ3v) is 0.146. The molecule has 1 nitrogen and oxygen atoms in total. The maximum Gasteiger partial charge on any atom is 0.356 e. The summed E-state index contributed by atoms with van der Waals surface area (Å²) in [6.45, 7) is 0. The summed E-state index contributed by atoms with van der Waals surface area (Å²) in [5, 5.41) is 7.39. The topological polar surface area (TPSA) is 20.2 Å². The summed E-state index contributed by atoms with van der Waals surface area (Å²) in [7, 11) is -0.443. The summed E-state index contributed by atoms with van der Waals surface area (Å²) in [5.74, 6) is 0. The van der Waals surface area contributed by atoms with Crippen molar-refractivity contribution in [3.05, 3.63) is 0 Å². The number of hydrogen-bond acceptors (Lipinski definition) is 1. The highest BCUT2D eigenvalue weighted by Gasteiger charge is 1.71. The Labute approximate surface area is 26.4 Å². The van der Waals surface area contributed by atoms with E-state index >= 15 is 0 Å². The van der Waals surface area contributed by atoms with E-state index in [9.17, 15) is 4.20 Å². The van der Waals surface area contributed by atoms with Crippen LogP contribution in [0.15, 0.2) is 0 Å². The second kappa shape index (κ2) is 3.38. The molecule has 0 aliphatic rings. The van der Waals surface area contributed by atoms with Gasteiger partial charge in [-0.15, -0.1) is 0 Å². The van der Waals surface area contributed by atoms with Crippen molar-refractivity contribution in [2.45, 2.75) is 0 Å². The van der Waals surface area contributed by atoms with E-state index in [1.807, 2.05) is 0 Å². The van der Waals surface area contributed by atoms with Gasteiger partial charge in [0.2, 0.25) is 0 Å². The van der Waals surface area contributed by atoms with E-state index in [-0.39, 0.29) is 0 Å². The summed E-state index contributed by atoms with van der Waals surface area (Å²) >= 11 is 0. The molecule has 1 radical (unpaired) electrons. The zero-order valence-corrected chi connectivity index (χ0v) is 2.90. The predicted molar refractivity (Wildman–Crippen MR) is 17.4 cm³/mol. The molecule has 0 aromatic rings. The Bertz CT molecular complexity index is 10.0. The van der Waals surface area contributed by atoms with Gasteiger partial charge in [-0.05, 0) is 0 Å². The van der Waals surface area contributed by atoms with Crippen molar-refractivity contribution >= 4 is 16.0 Å². The first-order valence-corrected chi connectivity index (χ1v) is 1.69. The fourth-order valence-corrected chi connectivity index (χ4v) is 0. The lowest BCUT2D eigenvalue weighted by Crippen LogP contribution is -1.63. The molecule has 1 N–H and O–H groups in total. The highest BCUT2D eigenvalue weighted by atomic mass is 31.1. The molecule has 0 fully saturated rings. The summed E-state index contributed by atoms with van der Waals surface area (Å²) in [6.07, 6.45) is 0. The van der Waals surface area contributed by atoms with Crippen LogP contribution in [0.25, 0.3) is 0 Å². The Morgan fingerprint density at radius 3 is 2.25 bits per heavy atom. The van der Waals surface area contributed by atoms with Crippen LogP contribution in [-0.2, 0) is 0 Å². The third kappa shape index (κ3) is 2.38. The van der Waals surface area contributed by atoms with Crippen LogP contribution in [-0.4, -0.2) is 12.2 Å². The highest BCUT2D eigenvalue weighted by Crippen LogP contribution is 2.01. The zero-order chi connectivity index (χ0) is 3.41. The molecule has 23 valence electrons. The van der Waals surface area contributed by atoms with E-state index in [4.69, 9.17) is 5.02 Å². The Morgan fingerprint density at radius 2 is 2.25 bits per heavy atom. The Balaban J connectivity index is 1.97. The van der Waals surface area contributed by atoms with Gasteiger partial charge in [0.15, 0.2) is 0 Å². The Morgan fingerprint density at radius 1 is 2.00 bits per heavy atom. The zero-order valence-electron chi connectivity index (χ0n) is 1.90. The van der Waals surface area contributed by atoms with Crippen LogP contribution in [0.1, 0.15) is 0 Å². The molecule has 0 aromatic heterocycles. The van der Waals surface area contributed by atoms with Gasteiger partial charge in [-0.2, -0.15) is 0 Å². The molecule has 4 heteroatoms. The molecule has 0 saturated heterocycles. The van der Waals surface area contributed by atoms with Crippen LogP contribution >= 0.6 is 8.77 Å². The molecule has 0 heterocycles.